The third kappa shape index (κ3) is 7.67. The van der Waals surface area contributed by atoms with E-state index >= 15 is 0 Å². The molecule has 5 nitrogen and oxygen atoms in total. The van der Waals surface area contributed by atoms with E-state index in [4.69, 9.17) is 5.73 Å². The molecule has 0 heterocycles. The van der Waals surface area contributed by atoms with Crippen LogP contribution in [0.15, 0.2) is 0 Å². The summed E-state index contributed by atoms with van der Waals surface area (Å²) in [7, 11) is 1.68. The van der Waals surface area contributed by atoms with Crippen molar-refractivity contribution in [3.63, 3.8) is 0 Å². The molecule has 0 radical (unpaired) electrons. The van der Waals surface area contributed by atoms with Crippen LogP contribution in [-0.2, 0) is 9.59 Å². The van der Waals surface area contributed by atoms with E-state index in [0.717, 1.165) is 25.7 Å². The van der Waals surface area contributed by atoms with Gasteiger partial charge in [0.25, 0.3) is 0 Å². The molecule has 0 aromatic heterocycles. The summed E-state index contributed by atoms with van der Waals surface area (Å²) >= 11 is 0. The topological polar surface area (TPSA) is 75.4 Å². The molecule has 1 aliphatic rings. The van der Waals surface area contributed by atoms with Crippen molar-refractivity contribution in [2.45, 2.75) is 64.5 Å². The summed E-state index contributed by atoms with van der Waals surface area (Å²) in [6.45, 7) is 5.88. The third-order valence-electron chi connectivity index (χ3n) is 3.73. The number of nitrogens with zero attached hydrogens (tertiary/aromatic N) is 1. The quantitative estimate of drug-likeness (QED) is 0.828. The fraction of sp³-hybridized carbons (Fsp3) is 0.867. The van der Waals surface area contributed by atoms with Crippen LogP contribution in [0.5, 0.6) is 0 Å². The number of carbonyl (C=O) groups is 2. The molecule has 2 amide bonds. The summed E-state index contributed by atoms with van der Waals surface area (Å²) in [5, 5.41) is 2.86. The van der Waals surface area contributed by atoms with Crippen LogP contribution >= 0.6 is 12.4 Å². The predicted octanol–water partition coefficient (Wildman–Crippen LogP) is 1.69. The Hall–Kier alpha value is -0.810. The van der Waals surface area contributed by atoms with Crippen molar-refractivity contribution in [3.8, 4) is 0 Å². The molecule has 0 bridgehead atoms. The molecule has 0 aromatic carbocycles. The largest absolute Gasteiger partial charge is 0.350 e. The van der Waals surface area contributed by atoms with Gasteiger partial charge in [-0.3, -0.25) is 9.59 Å². The van der Waals surface area contributed by atoms with Crippen LogP contribution < -0.4 is 11.1 Å². The lowest BCUT2D eigenvalue weighted by Gasteiger charge is -2.30. The SMILES string of the molecule is CN(CC(=O)NC(C)(C)C)C(=O)CC1CCCCC1N.Cl. The van der Waals surface area contributed by atoms with Gasteiger partial charge in [-0.2, -0.15) is 0 Å². The highest BCUT2D eigenvalue weighted by Gasteiger charge is 2.26. The second kappa shape index (κ2) is 8.59. The fourth-order valence-corrected chi connectivity index (χ4v) is 2.63. The van der Waals surface area contributed by atoms with Crippen molar-refractivity contribution >= 4 is 24.2 Å². The third-order valence-corrected chi connectivity index (χ3v) is 3.73. The smallest absolute Gasteiger partial charge is 0.240 e. The number of nitrogens with one attached hydrogen (secondary N) is 1. The number of rotatable bonds is 4. The van der Waals surface area contributed by atoms with Gasteiger partial charge in [0.1, 0.15) is 0 Å². The highest BCUT2D eigenvalue weighted by Crippen LogP contribution is 2.26. The van der Waals surface area contributed by atoms with Crippen LogP contribution in [0.1, 0.15) is 52.9 Å². The minimum atomic E-state index is -0.271. The van der Waals surface area contributed by atoms with Crippen LogP contribution in [0.25, 0.3) is 0 Å². The summed E-state index contributed by atoms with van der Waals surface area (Å²) in [5.41, 5.74) is 5.79. The van der Waals surface area contributed by atoms with E-state index in [2.05, 4.69) is 5.32 Å². The molecule has 2 unspecified atom stereocenters. The van der Waals surface area contributed by atoms with Gasteiger partial charge in [0.2, 0.25) is 11.8 Å². The molecule has 1 saturated carbocycles. The highest BCUT2D eigenvalue weighted by atomic mass is 35.5. The zero-order valence-electron chi connectivity index (χ0n) is 13.6. The minimum absolute atomic E-state index is 0. The molecule has 0 aromatic rings. The maximum absolute atomic E-state index is 12.1. The van der Waals surface area contributed by atoms with Crippen molar-refractivity contribution in [3.05, 3.63) is 0 Å². The van der Waals surface area contributed by atoms with Crippen molar-refractivity contribution < 1.29 is 9.59 Å². The molecule has 21 heavy (non-hydrogen) atoms. The first-order valence-corrected chi connectivity index (χ1v) is 7.49. The summed E-state index contributed by atoms with van der Waals surface area (Å²) in [6.07, 6.45) is 4.80. The van der Waals surface area contributed by atoms with Gasteiger partial charge in [0.05, 0.1) is 6.54 Å². The van der Waals surface area contributed by atoms with Gasteiger partial charge in [-0.05, 0) is 39.5 Å². The number of hydrogen-bond acceptors (Lipinski definition) is 3. The van der Waals surface area contributed by atoms with Gasteiger partial charge in [-0.15, -0.1) is 12.4 Å². The molecule has 124 valence electrons. The Bertz CT molecular complexity index is 355. The number of carbonyl (C=O) groups excluding carboxylic acids is 2. The number of likely N-dealkylation sites (N-methyl/N-ethyl adjacent to an activating group) is 1. The van der Waals surface area contributed by atoms with E-state index in [1.165, 1.54) is 4.90 Å². The van der Waals surface area contributed by atoms with Crippen LogP contribution in [0.4, 0.5) is 0 Å². The van der Waals surface area contributed by atoms with E-state index in [1.54, 1.807) is 7.05 Å². The van der Waals surface area contributed by atoms with E-state index < -0.39 is 0 Å². The Morgan fingerprint density at radius 1 is 1.24 bits per heavy atom. The molecular weight excluding hydrogens is 290 g/mol. The Morgan fingerprint density at radius 3 is 2.33 bits per heavy atom. The number of hydrogen-bond donors (Lipinski definition) is 2. The Morgan fingerprint density at radius 2 is 1.81 bits per heavy atom. The molecule has 2 atom stereocenters. The van der Waals surface area contributed by atoms with Gasteiger partial charge in [-0.25, -0.2) is 0 Å². The molecule has 0 aliphatic heterocycles. The Kier molecular flexibility index (Phi) is 8.26. The second-order valence-corrected chi connectivity index (χ2v) is 6.96. The summed E-state index contributed by atoms with van der Waals surface area (Å²) in [5.74, 6) is 0.155. The van der Waals surface area contributed by atoms with E-state index in [9.17, 15) is 9.59 Å². The van der Waals surface area contributed by atoms with E-state index in [-0.39, 0.29) is 48.3 Å². The van der Waals surface area contributed by atoms with Crippen LogP contribution in [0.3, 0.4) is 0 Å². The van der Waals surface area contributed by atoms with Crippen LogP contribution in [-0.4, -0.2) is 41.9 Å². The van der Waals surface area contributed by atoms with E-state index in [1.807, 2.05) is 20.8 Å². The minimum Gasteiger partial charge on any atom is -0.350 e. The lowest BCUT2D eigenvalue weighted by molar-refractivity contribution is -0.136. The molecular formula is C15H30ClN3O2. The van der Waals surface area contributed by atoms with Gasteiger partial charge in [0, 0.05) is 25.0 Å². The van der Waals surface area contributed by atoms with Gasteiger partial charge in [0.15, 0.2) is 0 Å². The molecule has 1 aliphatic carbocycles. The lowest BCUT2D eigenvalue weighted by atomic mass is 9.83. The standard InChI is InChI=1S/C15H29N3O2.ClH/c1-15(2,3)17-13(19)10-18(4)14(20)9-11-7-5-6-8-12(11)16;/h11-12H,5-10,16H2,1-4H3,(H,17,19);1H. The number of nitrogens with two attached hydrogens (primary N) is 1. The average molecular weight is 320 g/mol. The molecule has 1 fully saturated rings. The monoisotopic (exact) mass is 319 g/mol. The van der Waals surface area contributed by atoms with Crippen LogP contribution in [0.2, 0.25) is 0 Å². The zero-order valence-corrected chi connectivity index (χ0v) is 14.5. The zero-order chi connectivity index (χ0) is 15.3. The van der Waals surface area contributed by atoms with Crippen molar-refractivity contribution in [2.24, 2.45) is 11.7 Å². The number of amides is 2. The predicted molar refractivity (Wildman–Crippen MR) is 87.3 cm³/mol. The molecule has 0 saturated heterocycles. The van der Waals surface area contributed by atoms with Crippen LogP contribution in [0, 0.1) is 5.92 Å². The first-order valence-electron chi connectivity index (χ1n) is 7.49. The van der Waals surface area contributed by atoms with Crippen molar-refractivity contribution in [2.75, 3.05) is 13.6 Å². The average Bonchev–Trinajstić information content (AvgIpc) is 2.29. The Balaban J connectivity index is 0.00000400. The summed E-state index contributed by atoms with van der Waals surface area (Å²) in [6, 6.07) is 0.129. The summed E-state index contributed by atoms with van der Waals surface area (Å²) < 4.78 is 0. The lowest BCUT2D eigenvalue weighted by Crippen LogP contribution is -2.47. The Labute approximate surface area is 134 Å². The van der Waals surface area contributed by atoms with Crippen molar-refractivity contribution in [1.29, 1.82) is 0 Å². The van der Waals surface area contributed by atoms with Gasteiger partial charge < -0.3 is 16.0 Å². The first-order chi connectivity index (χ1) is 9.19. The molecule has 1 rings (SSSR count). The maximum atomic E-state index is 12.1. The van der Waals surface area contributed by atoms with Crippen molar-refractivity contribution in [1.82, 2.24) is 10.2 Å². The number of halogens is 1. The second-order valence-electron chi connectivity index (χ2n) is 6.96. The maximum Gasteiger partial charge on any atom is 0.240 e. The normalized spacial score (nSPS) is 22.1. The van der Waals surface area contributed by atoms with Gasteiger partial charge >= 0.3 is 0 Å². The fourth-order valence-electron chi connectivity index (χ4n) is 2.63. The molecule has 3 N–H and O–H groups in total. The van der Waals surface area contributed by atoms with Gasteiger partial charge in [-0.1, -0.05) is 12.8 Å². The summed E-state index contributed by atoms with van der Waals surface area (Å²) in [4.78, 5) is 25.5. The first kappa shape index (κ1) is 20.2. The molecule has 0 spiro atoms. The molecule has 6 heteroatoms. The van der Waals surface area contributed by atoms with E-state index in [0.29, 0.717) is 6.42 Å². The highest BCUT2D eigenvalue weighted by molar-refractivity contribution is 5.85.